The molecule has 0 amide bonds. The summed E-state index contributed by atoms with van der Waals surface area (Å²) in [5, 5.41) is 23.4. The van der Waals surface area contributed by atoms with Crippen LogP contribution in [0.25, 0.3) is 11.0 Å². The SMILES string of the molecule is OC(Cn1cncn1)(Cn1nnc2ccccc21)c1ccc(F)cc1F. The fraction of sp³-hybridized carbons (Fsp3) is 0.176. The van der Waals surface area contributed by atoms with Crippen LogP contribution < -0.4 is 0 Å². The van der Waals surface area contributed by atoms with E-state index in [9.17, 15) is 13.9 Å². The van der Waals surface area contributed by atoms with E-state index >= 15 is 0 Å². The van der Waals surface area contributed by atoms with Gasteiger partial charge in [0, 0.05) is 11.6 Å². The van der Waals surface area contributed by atoms with Crippen LogP contribution in [0, 0.1) is 11.6 Å². The number of hydrogen-bond acceptors (Lipinski definition) is 5. The Bertz CT molecular complexity index is 1050. The Labute approximate surface area is 146 Å². The molecule has 0 aliphatic heterocycles. The maximum Gasteiger partial charge on any atom is 0.137 e. The summed E-state index contributed by atoms with van der Waals surface area (Å²) in [4.78, 5) is 3.84. The minimum absolute atomic E-state index is 0.0611. The molecule has 4 aromatic rings. The van der Waals surface area contributed by atoms with Crippen molar-refractivity contribution in [2.75, 3.05) is 0 Å². The third-order valence-corrected chi connectivity index (χ3v) is 4.15. The molecule has 1 unspecified atom stereocenters. The Kier molecular flexibility index (Phi) is 3.92. The first-order valence-electron chi connectivity index (χ1n) is 7.84. The molecule has 1 atom stereocenters. The fourth-order valence-corrected chi connectivity index (χ4v) is 2.95. The number of rotatable bonds is 5. The van der Waals surface area contributed by atoms with Gasteiger partial charge in [0.1, 0.15) is 35.4 Å². The number of fused-ring (bicyclic) bond motifs is 1. The van der Waals surface area contributed by atoms with Gasteiger partial charge in [-0.3, -0.25) is 0 Å². The highest BCUT2D eigenvalue weighted by atomic mass is 19.1. The molecule has 0 saturated heterocycles. The van der Waals surface area contributed by atoms with Crippen LogP contribution in [0.15, 0.2) is 55.1 Å². The van der Waals surface area contributed by atoms with Crippen LogP contribution in [0.2, 0.25) is 0 Å². The third-order valence-electron chi connectivity index (χ3n) is 4.15. The van der Waals surface area contributed by atoms with Crippen molar-refractivity contribution in [2.45, 2.75) is 18.7 Å². The maximum absolute atomic E-state index is 14.4. The second kappa shape index (κ2) is 6.26. The van der Waals surface area contributed by atoms with Gasteiger partial charge in [-0.25, -0.2) is 23.1 Å². The van der Waals surface area contributed by atoms with Gasteiger partial charge < -0.3 is 5.11 Å². The quantitative estimate of drug-likeness (QED) is 0.591. The Morgan fingerprint density at radius 1 is 1.08 bits per heavy atom. The van der Waals surface area contributed by atoms with Gasteiger partial charge in [-0.05, 0) is 18.2 Å². The van der Waals surface area contributed by atoms with Crippen molar-refractivity contribution in [3.63, 3.8) is 0 Å². The summed E-state index contributed by atoms with van der Waals surface area (Å²) in [7, 11) is 0. The molecule has 4 rings (SSSR count). The van der Waals surface area contributed by atoms with Gasteiger partial charge in [0.05, 0.1) is 18.6 Å². The lowest BCUT2D eigenvalue weighted by atomic mass is 9.92. The average Bonchev–Trinajstić information content (AvgIpc) is 3.25. The average molecular weight is 356 g/mol. The smallest absolute Gasteiger partial charge is 0.137 e. The number of nitrogens with zero attached hydrogens (tertiary/aromatic N) is 6. The number of para-hydroxylation sites is 1. The van der Waals surface area contributed by atoms with E-state index in [0.29, 0.717) is 11.0 Å². The molecule has 0 aliphatic carbocycles. The highest BCUT2D eigenvalue weighted by molar-refractivity contribution is 5.73. The number of hydrogen-bond donors (Lipinski definition) is 1. The lowest BCUT2D eigenvalue weighted by Gasteiger charge is -2.28. The molecule has 0 spiro atoms. The second-order valence-electron chi connectivity index (χ2n) is 5.98. The van der Waals surface area contributed by atoms with Gasteiger partial charge in [-0.15, -0.1) is 5.10 Å². The third kappa shape index (κ3) is 2.92. The first-order valence-corrected chi connectivity index (χ1v) is 7.84. The minimum Gasteiger partial charge on any atom is -0.381 e. The van der Waals surface area contributed by atoms with Crippen molar-refractivity contribution >= 4 is 11.0 Å². The van der Waals surface area contributed by atoms with E-state index < -0.39 is 17.2 Å². The molecule has 2 aromatic carbocycles. The van der Waals surface area contributed by atoms with Gasteiger partial charge in [0.25, 0.3) is 0 Å². The summed E-state index contributed by atoms with van der Waals surface area (Å²) in [6, 6.07) is 10.3. The van der Waals surface area contributed by atoms with Gasteiger partial charge in [-0.2, -0.15) is 5.10 Å². The number of halogens is 2. The van der Waals surface area contributed by atoms with Crippen molar-refractivity contribution < 1.29 is 13.9 Å². The van der Waals surface area contributed by atoms with Crippen molar-refractivity contribution in [1.29, 1.82) is 0 Å². The van der Waals surface area contributed by atoms with E-state index in [1.807, 2.05) is 12.1 Å². The van der Waals surface area contributed by atoms with Gasteiger partial charge >= 0.3 is 0 Å². The summed E-state index contributed by atoms with van der Waals surface area (Å²) in [5.41, 5.74) is -0.474. The van der Waals surface area contributed by atoms with Crippen LogP contribution >= 0.6 is 0 Å². The first-order chi connectivity index (χ1) is 12.5. The molecule has 1 N–H and O–H groups in total. The standard InChI is InChI=1S/C17H14F2N6O/c18-12-5-6-13(14(19)7-12)17(26,8-24-11-20-10-21-24)9-25-16-4-2-1-3-15(16)22-23-25/h1-7,10-11,26H,8-9H2. The number of aromatic nitrogens is 6. The van der Waals surface area contributed by atoms with Crippen LogP contribution in [0.1, 0.15) is 5.56 Å². The molecule has 0 saturated carbocycles. The molecule has 9 heteroatoms. The molecule has 0 fully saturated rings. The zero-order valence-corrected chi connectivity index (χ0v) is 13.5. The zero-order chi connectivity index (χ0) is 18.1. The summed E-state index contributed by atoms with van der Waals surface area (Å²) in [5.74, 6) is -1.57. The second-order valence-corrected chi connectivity index (χ2v) is 5.98. The molecule has 7 nitrogen and oxygen atoms in total. The van der Waals surface area contributed by atoms with Crippen LogP contribution in [-0.4, -0.2) is 34.9 Å². The monoisotopic (exact) mass is 356 g/mol. The minimum atomic E-state index is -1.75. The topological polar surface area (TPSA) is 81.6 Å². The summed E-state index contributed by atoms with van der Waals surface area (Å²) in [6.45, 7) is -0.195. The first kappa shape index (κ1) is 16.3. The maximum atomic E-state index is 14.4. The largest absolute Gasteiger partial charge is 0.381 e. The van der Waals surface area contributed by atoms with Crippen LogP contribution in [-0.2, 0) is 18.7 Å². The molecular formula is C17H14F2N6O. The van der Waals surface area contributed by atoms with Crippen LogP contribution in [0.3, 0.4) is 0 Å². The number of aliphatic hydroxyl groups is 1. The Morgan fingerprint density at radius 2 is 1.92 bits per heavy atom. The Balaban J connectivity index is 1.79. The lowest BCUT2D eigenvalue weighted by molar-refractivity contribution is -0.00780. The van der Waals surface area contributed by atoms with E-state index in [1.54, 1.807) is 12.1 Å². The molecular weight excluding hydrogens is 342 g/mol. The van der Waals surface area contributed by atoms with Crippen LogP contribution in [0.5, 0.6) is 0 Å². The molecule has 26 heavy (non-hydrogen) atoms. The highest BCUT2D eigenvalue weighted by Crippen LogP contribution is 2.29. The molecule has 132 valence electrons. The molecule has 0 bridgehead atoms. The van der Waals surface area contributed by atoms with E-state index in [0.717, 1.165) is 12.1 Å². The van der Waals surface area contributed by atoms with Crippen LogP contribution in [0.4, 0.5) is 8.78 Å². The predicted octanol–water partition coefficient (Wildman–Crippen LogP) is 1.89. The molecule has 2 aromatic heterocycles. The Hall–Kier alpha value is -3.20. The lowest BCUT2D eigenvalue weighted by Crippen LogP contribution is -2.37. The predicted molar refractivity (Wildman–Crippen MR) is 87.8 cm³/mol. The van der Waals surface area contributed by atoms with E-state index in [1.165, 1.54) is 28.1 Å². The highest BCUT2D eigenvalue weighted by Gasteiger charge is 2.35. The van der Waals surface area contributed by atoms with Crippen molar-refractivity contribution in [3.05, 3.63) is 72.3 Å². The fourth-order valence-electron chi connectivity index (χ4n) is 2.95. The van der Waals surface area contributed by atoms with E-state index in [2.05, 4.69) is 20.4 Å². The summed E-state index contributed by atoms with van der Waals surface area (Å²) < 4.78 is 30.6. The normalized spacial score (nSPS) is 13.8. The van der Waals surface area contributed by atoms with Crippen molar-refractivity contribution in [1.82, 2.24) is 29.8 Å². The molecule has 2 heterocycles. The van der Waals surface area contributed by atoms with Crippen molar-refractivity contribution in [2.24, 2.45) is 0 Å². The summed E-state index contributed by atoms with van der Waals surface area (Å²) >= 11 is 0. The van der Waals surface area contributed by atoms with Gasteiger partial charge in [0.2, 0.25) is 0 Å². The van der Waals surface area contributed by atoms with E-state index in [-0.39, 0.29) is 18.7 Å². The number of benzene rings is 2. The van der Waals surface area contributed by atoms with Crippen molar-refractivity contribution in [3.8, 4) is 0 Å². The molecule has 0 radical (unpaired) electrons. The Morgan fingerprint density at radius 3 is 2.69 bits per heavy atom. The van der Waals surface area contributed by atoms with E-state index in [4.69, 9.17) is 0 Å². The molecule has 0 aliphatic rings. The zero-order valence-electron chi connectivity index (χ0n) is 13.5. The van der Waals surface area contributed by atoms with Gasteiger partial charge in [-0.1, -0.05) is 23.4 Å². The summed E-state index contributed by atoms with van der Waals surface area (Å²) in [6.07, 6.45) is 2.72. The van der Waals surface area contributed by atoms with Gasteiger partial charge in [0.15, 0.2) is 0 Å².